The van der Waals surface area contributed by atoms with Crippen molar-refractivity contribution in [3.63, 3.8) is 0 Å². The van der Waals surface area contributed by atoms with E-state index in [4.69, 9.17) is 0 Å². The molecule has 0 N–H and O–H groups in total. The molecule has 2 aliphatic heterocycles. The van der Waals surface area contributed by atoms with Crippen LogP contribution in [-0.2, 0) is 6.54 Å². The molecule has 0 bridgehead atoms. The fourth-order valence-corrected chi connectivity index (χ4v) is 3.50. The van der Waals surface area contributed by atoms with Crippen LogP contribution in [0, 0.1) is 5.41 Å². The number of hydrogen-bond donors (Lipinski definition) is 0. The summed E-state index contributed by atoms with van der Waals surface area (Å²) in [5, 5.41) is 0. The molecule has 2 saturated heterocycles. The average Bonchev–Trinajstić information content (AvgIpc) is 3.00. The third kappa shape index (κ3) is 3.58. The molecule has 1 atom stereocenters. The van der Waals surface area contributed by atoms with Crippen molar-refractivity contribution in [3.05, 3.63) is 35.9 Å². The van der Waals surface area contributed by atoms with Crippen molar-refractivity contribution >= 4 is 0 Å². The van der Waals surface area contributed by atoms with Crippen molar-refractivity contribution in [2.24, 2.45) is 5.41 Å². The number of rotatable bonds is 2. The lowest BCUT2D eigenvalue weighted by Crippen LogP contribution is -2.29. The van der Waals surface area contributed by atoms with Gasteiger partial charge in [0.2, 0.25) is 0 Å². The molecule has 1 unspecified atom stereocenters. The predicted octanol–water partition coefficient (Wildman–Crippen LogP) is 3.24. The molecule has 2 heteroatoms. The largest absolute Gasteiger partial charge is 0.306 e. The second-order valence-electron chi connectivity index (χ2n) is 5.93. The van der Waals surface area contributed by atoms with Gasteiger partial charge in [-0.2, -0.15) is 0 Å². The highest BCUT2D eigenvalue weighted by Gasteiger charge is 2.41. The van der Waals surface area contributed by atoms with Crippen LogP contribution >= 0.6 is 0 Å². The molecule has 19 heavy (non-hydrogen) atoms. The number of benzene rings is 1. The summed E-state index contributed by atoms with van der Waals surface area (Å²) in [6.07, 6.45) is 2.79. The van der Waals surface area contributed by atoms with Gasteiger partial charge in [0.05, 0.1) is 0 Å². The summed E-state index contributed by atoms with van der Waals surface area (Å²) in [4.78, 5) is 5.13. The van der Waals surface area contributed by atoms with E-state index in [-0.39, 0.29) is 0 Å². The van der Waals surface area contributed by atoms with E-state index < -0.39 is 0 Å². The van der Waals surface area contributed by atoms with Crippen molar-refractivity contribution in [1.29, 1.82) is 0 Å². The minimum absolute atomic E-state index is 0.615. The van der Waals surface area contributed by atoms with Gasteiger partial charge in [0.15, 0.2) is 0 Å². The normalized spacial score (nSPS) is 27.5. The summed E-state index contributed by atoms with van der Waals surface area (Å²) in [5.41, 5.74) is 2.07. The fraction of sp³-hybridized carbons (Fsp3) is 0.647. The summed E-state index contributed by atoms with van der Waals surface area (Å²) in [6.45, 7) is 10.3. The molecule has 2 fully saturated rings. The number of hydrogen-bond acceptors (Lipinski definition) is 2. The third-order valence-corrected chi connectivity index (χ3v) is 4.40. The summed E-state index contributed by atoms with van der Waals surface area (Å²) in [5.74, 6) is 0. The molecule has 0 aromatic heterocycles. The zero-order valence-electron chi connectivity index (χ0n) is 12.7. The van der Waals surface area contributed by atoms with E-state index in [2.05, 4.69) is 47.2 Å². The Labute approximate surface area is 118 Å². The molecule has 0 radical (unpaired) electrons. The first-order valence-corrected chi connectivity index (χ1v) is 7.71. The van der Waals surface area contributed by atoms with E-state index in [0.717, 1.165) is 6.54 Å². The molecular formula is C17H28N2. The monoisotopic (exact) mass is 260 g/mol. The Morgan fingerprint density at radius 1 is 1.00 bits per heavy atom. The Hall–Kier alpha value is -0.860. The molecule has 1 aromatic rings. The highest BCUT2D eigenvalue weighted by Crippen LogP contribution is 2.39. The molecule has 0 amide bonds. The van der Waals surface area contributed by atoms with Crippen LogP contribution in [0.4, 0.5) is 0 Å². The molecular weight excluding hydrogens is 232 g/mol. The lowest BCUT2D eigenvalue weighted by Gasteiger charge is -2.23. The lowest BCUT2D eigenvalue weighted by molar-refractivity contribution is 0.250. The molecule has 2 nitrogen and oxygen atoms in total. The van der Waals surface area contributed by atoms with E-state index >= 15 is 0 Å². The quantitative estimate of drug-likeness (QED) is 0.805. The first kappa shape index (κ1) is 14.5. The first-order valence-electron chi connectivity index (χ1n) is 7.71. The van der Waals surface area contributed by atoms with Gasteiger partial charge in [0.25, 0.3) is 0 Å². The van der Waals surface area contributed by atoms with Crippen LogP contribution in [0.5, 0.6) is 0 Å². The maximum atomic E-state index is 2.63. The second-order valence-corrected chi connectivity index (χ2v) is 5.93. The Morgan fingerprint density at radius 3 is 2.32 bits per heavy atom. The highest BCUT2D eigenvalue weighted by atomic mass is 15.2. The highest BCUT2D eigenvalue weighted by molar-refractivity contribution is 5.15. The second kappa shape index (κ2) is 6.53. The lowest BCUT2D eigenvalue weighted by atomic mass is 9.86. The zero-order chi connectivity index (χ0) is 13.7. The number of nitrogens with zero attached hydrogens (tertiary/aromatic N) is 2. The number of likely N-dealkylation sites (tertiary alicyclic amines) is 2. The van der Waals surface area contributed by atoms with E-state index in [1.165, 1.54) is 44.6 Å². The van der Waals surface area contributed by atoms with Gasteiger partial charge in [-0.15, -0.1) is 0 Å². The molecule has 0 aliphatic carbocycles. The standard InChI is InChI=1S/C15H22N2.C2H6/c1-16-9-7-15(12-16)8-10-17(13-15)11-14-5-3-2-4-6-14;1-2/h2-6H,7-13H2,1H3;1-2H3. The predicted molar refractivity (Wildman–Crippen MR) is 82.2 cm³/mol. The van der Waals surface area contributed by atoms with Gasteiger partial charge in [0.1, 0.15) is 0 Å². The smallest absolute Gasteiger partial charge is 0.0233 e. The molecule has 2 heterocycles. The Morgan fingerprint density at radius 2 is 1.68 bits per heavy atom. The maximum Gasteiger partial charge on any atom is 0.0233 e. The van der Waals surface area contributed by atoms with Crippen LogP contribution in [0.2, 0.25) is 0 Å². The van der Waals surface area contributed by atoms with Crippen LogP contribution < -0.4 is 0 Å². The topological polar surface area (TPSA) is 6.48 Å². The van der Waals surface area contributed by atoms with Gasteiger partial charge in [0, 0.05) is 19.6 Å². The Balaban J connectivity index is 0.000000637. The summed E-state index contributed by atoms with van der Waals surface area (Å²) < 4.78 is 0. The van der Waals surface area contributed by atoms with Gasteiger partial charge in [-0.05, 0) is 44.0 Å². The van der Waals surface area contributed by atoms with Crippen LogP contribution in [-0.4, -0.2) is 43.0 Å². The van der Waals surface area contributed by atoms with Gasteiger partial charge in [-0.3, -0.25) is 4.90 Å². The van der Waals surface area contributed by atoms with Gasteiger partial charge in [-0.25, -0.2) is 0 Å². The zero-order valence-corrected chi connectivity index (χ0v) is 12.7. The molecule has 1 spiro atoms. The Kier molecular flexibility index (Phi) is 5.00. The van der Waals surface area contributed by atoms with Crippen molar-refractivity contribution in [2.75, 3.05) is 33.2 Å². The SMILES string of the molecule is CC.CN1CCC2(CCN(Cc3ccccc3)C2)C1. The fourth-order valence-electron chi connectivity index (χ4n) is 3.50. The van der Waals surface area contributed by atoms with E-state index in [0.29, 0.717) is 5.41 Å². The van der Waals surface area contributed by atoms with E-state index in [1.807, 2.05) is 13.8 Å². The van der Waals surface area contributed by atoms with Gasteiger partial charge in [-0.1, -0.05) is 44.2 Å². The van der Waals surface area contributed by atoms with Crippen molar-refractivity contribution in [1.82, 2.24) is 9.80 Å². The minimum Gasteiger partial charge on any atom is -0.306 e. The van der Waals surface area contributed by atoms with Crippen molar-refractivity contribution in [2.45, 2.75) is 33.2 Å². The summed E-state index contributed by atoms with van der Waals surface area (Å²) in [7, 11) is 2.26. The van der Waals surface area contributed by atoms with Gasteiger partial charge >= 0.3 is 0 Å². The molecule has 0 saturated carbocycles. The minimum atomic E-state index is 0.615. The van der Waals surface area contributed by atoms with Crippen LogP contribution in [0.1, 0.15) is 32.3 Å². The van der Waals surface area contributed by atoms with Crippen LogP contribution in [0.15, 0.2) is 30.3 Å². The summed E-state index contributed by atoms with van der Waals surface area (Å²) >= 11 is 0. The molecule has 3 rings (SSSR count). The van der Waals surface area contributed by atoms with Crippen molar-refractivity contribution in [3.8, 4) is 0 Å². The van der Waals surface area contributed by atoms with Crippen LogP contribution in [0.3, 0.4) is 0 Å². The van der Waals surface area contributed by atoms with Crippen LogP contribution in [0.25, 0.3) is 0 Å². The third-order valence-electron chi connectivity index (χ3n) is 4.40. The van der Waals surface area contributed by atoms with E-state index in [9.17, 15) is 0 Å². The van der Waals surface area contributed by atoms with Crippen molar-refractivity contribution < 1.29 is 0 Å². The molecule has 1 aromatic carbocycles. The Bertz CT molecular complexity index is 376. The summed E-state index contributed by atoms with van der Waals surface area (Å²) in [6, 6.07) is 10.9. The molecule has 106 valence electrons. The first-order chi connectivity index (χ1) is 9.26. The average molecular weight is 260 g/mol. The molecule has 2 aliphatic rings. The maximum absolute atomic E-state index is 2.63. The van der Waals surface area contributed by atoms with Gasteiger partial charge < -0.3 is 4.90 Å². The van der Waals surface area contributed by atoms with E-state index in [1.54, 1.807) is 0 Å².